The fraction of sp³-hybridized carbons (Fsp3) is 0.389. The van der Waals surface area contributed by atoms with Crippen LogP contribution in [0.2, 0.25) is 0 Å². The lowest BCUT2D eigenvalue weighted by atomic mass is 10.1. The highest BCUT2D eigenvalue weighted by molar-refractivity contribution is 7.20. The largest absolute Gasteiger partial charge is 0.433 e. The second-order valence-electron chi connectivity index (χ2n) is 6.14. The van der Waals surface area contributed by atoms with Gasteiger partial charge in [0, 0.05) is 12.3 Å². The van der Waals surface area contributed by atoms with Crippen LogP contribution < -0.4 is 5.56 Å². The van der Waals surface area contributed by atoms with Gasteiger partial charge in [-0.3, -0.25) is 14.9 Å². The van der Waals surface area contributed by atoms with E-state index in [1.54, 1.807) is 24.3 Å². The lowest BCUT2D eigenvalue weighted by Crippen LogP contribution is -2.20. The first-order valence-corrected chi connectivity index (χ1v) is 9.44. The number of aromatic nitrogens is 3. The molecular formula is C18H19F3N4OS. The van der Waals surface area contributed by atoms with Gasteiger partial charge in [-0.25, -0.2) is 4.98 Å². The monoisotopic (exact) mass is 396 g/mol. The number of nitrogens with one attached hydrogen (secondary N) is 1. The van der Waals surface area contributed by atoms with Gasteiger partial charge in [-0.05, 0) is 25.5 Å². The maximum absolute atomic E-state index is 13.5. The van der Waals surface area contributed by atoms with E-state index < -0.39 is 23.0 Å². The maximum Gasteiger partial charge on any atom is 0.433 e. The van der Waals surface area contributed by atoms with Crippen molar-refractivity contribution in [2.45, 2.75) is 39.3 Å². The van der Waals surface area contributed by atoms with Gasteiger partial charge >= 0.3 is 6.18 Å². The Hall–Kier alpha value is -2.42. The van der Waals surface area contributed by atoms with Crippen LogP contribution in [0.1, 0.15) is 44.4 Å². The highest BCUT2D eigenvalue weighted by Gasteiger charge is 2.39. The minimum absolute atomic E-state index is 0.0829. The van der Waals surface area contributed by atoms with Gasteiger partial charge in [-0.15, -0.1) is 0 Å². The number of hydrogen-bond donors (Lipinski definition) is 1. The number of thiazole rings is 1. The van der Waals surface area contributed by atoms with Crippen LogP contribution in [0.5, 0.6) is 0 Å². The van der Waals surface area contributed by atoms with Crippen LogP contribution in [0, 0.1) is 0 Å². The molecule has 0 unspecified atom stereocenters. The quantitative estimate of drug-likeness (QED) is 0.481. The number of fused-ring (bicyclic) bond motifs is 1. The average Bonchev–Trinajstić information content (AvgIpc) is 3.19. The molecule has 144 valence electrons. The highest BCUT2D eigenvalue weighted by atomic mass is 32.1. The fourth-order valence-corrected chi connectivity index (χ4v) is 3.68. The van der Waals surface area contributed by atoms with Gasteiger partial charge in [0.2, 0.25) is 5.13 Å². The third-order valence-corrected chi connectivity index (χ3v) is 5.14. The molecule has 0 atom stereocenters. The van der Waals surface area contributed by atoms with E-state index in [9.17, 15) is 18.0 Å². The van der Waals surface area contributed by atoms with E-state index >= 15 is 0 Å². The number of unbranched alkanes of at least 4 members (excludes halogenated alkanes) is 2. The molecule has 0 bridgehead atoms. The predicted octanol–water partition coefficient (Wildman–Crippen LogP) is 4.79. The van der Waals surface area contributed by atoms with E-state index in [2.05, 4.69) is 15.1 Å². The van der Waals surface area contributed by atoms with Crippen molar-refractivity contribution in [1.82, 2.24) is 14.8 Å². The van der Waals surface area contributed by atoms with Gasteiger partial charge in [0.15, 0.2) is 5.69 Å². The topological polar surface area (TPSA) is 63.0 Å². The number of hydrogen-bond acceptors (Lipinski definition) is 4. The number of nitrogens with zero attached hydrogens (tertiary/aromatic N) is 3. The molecule has 2 heterocycles. The van der Waals surface area contributed by atoms with Gasteiger partial charge in [0.05, 0.1) is 15.8 Å². The normalized spacial score (nSPS) is 12.9. The summed E-state index contributed by atoms with van der Waals surface area (Å²) in [5, 5.41) is 2.36. The second kappa shape index (κ2) is 7.67. The summed E-state index contributed by atoms with van der Waals surface area (Å²) < 4.78 is 42.2. The minimum atomic E-state index is -4.70. The Bertz CT molecular complexity index is 996. The van der Waals surface area contributed by atoms with E-state index in [1.807, 2.05) is 6.92 Å². The third kappa shape index (κ3) is 3.97. The highest BCUT2D eigenvalue weighted by Crippen LogP contribution is 2.31. The molecule has 0 aliphatic rings. The smallest absolute Gasteiger partial charge is 0.289 e. The first-order chi connectivity index (χ1) is 12.8. The van der Waals surface area contributed by atoms with Gasteiger partial charge in [-0.2, -0.15) is 17.9 Å². The molecule has 0 saturated heterocycles. The molecule has 27 heavy (non-hydrogen) atoms. The number of benzene rings is 1. The Labute approximate surface area is 157 Å². The molecule has 0 saturated carbocycles. The number of halogens is 3. The zero-order chi connectivity index (χ0) is 19.6. The van der Waals surface area contributed by atoms with Crippen molar-refractivity contribution in [1.29, 1.82) is 0 Å². The zero-order valence-corrected chi connectivity index (χ0v) is 15.7. The third-order valence-electron chi connectivity index (χ3n) is 4.12. The molecule has 9 heteroatoms. The molecular weight excluding hydrogens is 377 g/mol. The van der Waals surface area contributed by atoms with Gasteiger partial charge in [0.1, 0.15) is 0 Å². The SMILES string of the molecule is CCCCCN=C(C)c1c(C(F)(F)F)[nH]n(-c2nc3ccccc3s2)c1=O. The number of para-hydroxylation sites is 1. The molecule has 0 fully saturated rings. The molecule has 0 amide bonds. The van der Waals surface area contributed by atoms with Crippen LogP contribution in [0.4, 0.5) is 13.2 Å². The molecule has 0 spiro atoms. The van der Waals surface area contributed by atoms with Crippen LogP contribution in [0.25, 0.3) is 15.3 Å². The summed E-state index contributed by atoms with van der Waals surface area (Å²) in [5.41, 5.74) is -1.63. The number of aromatic amines is 1. The van der Waals surface area contributed by atoms with Gasteiger partial charge in [-0.1, -0.05) is 43.2 Å². The van der Waals surface area contributed by atoms with Crippen molar-refractivity contribution in [3.63, 3.8) is 0 Å². The van der Waals surface area contributed by atoms with Crippen molar-refractivity contribution >= 4 is 27.3 Å². The van der Waals surface area contributed by atoms with Crippen molar-refractivity contribution in [3.05, 3.63) is 45.9 Å². The summed E-state index contributed by atoms with van der Waals surface area (Å²) in [6.07, 6.45) is -2.01. The zero-order valence-electron chi connectivity index (χ0n) is 14.9. The number of rotatable bonds is 6. The first kappa shape index (κ1) is 19.3. The Kier molecular flexibility index (Phi) is 5.50. The Morgan fingerprint density at radius 1 is 1.30 bits per heavy atom. The average molecular weight is 396 g/mol. The van der Waals surface area contributed by atoms with Crippen molar-refractivity contribution in [3.8, 4) is 5.13 Å². The molecule has 0 radical (unpaired) electrons. The lowest BCUT2D eigenvalue weighted by molar-refractivity contribution is -0.141. The molecule has 0 aliphatic heterocycles. The summed E-state index contributed by atoms with van der Waals surface area (Å²) in [7, 11) is 0. The number of alkyl halides is 3. The summed E-state index contributed by atoms with van der Waals surface area (Å²) in [6.45, 7) is 3.86. The Morgan fingerprint density at radius 2 is 2.04 bits per heavy atom. The van der Waals surface area contributed by atoms with Crippen molar-refractivity contribution < 1.29 is 13.2 Å². The van der Waals surface area contributed by atoms with Crippen LogP contribution in [-0.4, -0.2) is 27.0 Å². The van der Waals surface area contributed by atoms with Crippen molar-refractivity contribution in [2.75, 3.05) is 6.54 Å². The summed E-state index contributed by atoms with van der Waals surface area (Å²) >= 11 is 1.15. The molecule has 1 N–H and O–H groups in total. The molecule has 0 aliphatic carbocycles. The van der Waals surface area contributed by atoms with Crippen LogP contribution in [-0.2, 0) is 6.18 Å². The molecule has 2 aromatic heterocycles. The van der Waals surface area contributed by atoms with Crippen LogP contribution >= 0.6 is 11.3 Å². The second-order valence-corrected chi connectivity index (χ2v) is 7.15. The van der Waals surface area contributed by atoms with E-state index in [1.165, 1.54) is 6.92 Å². The van der Waals surface area contributed by atoms with E-state index in [4.69, 9.17) is 0 Å². The van der Waals surface area contributed by atoms with Crippen LogP contribution in [0.3, 0.4) is 0 Å². The predicted molar refractivity (Wildman–Crippen MR) is 101 cm³/mol. The molecule has 5 nitrogen and oxygen atoms in total. The number of aliphatic imine (C=N–C) groups is 1. The summed E-state index contributed by atoms with van der Waals surface area (Å²) in [4.78, 5) is 21.2. The Morgan fingerprint density at radius 3 is 2.70 bits per heavy atom. The minimum Gasteiger partial charge on any atom is -0.289 e. The Balaban J connectivity index is 2.09. The first-order valence-electron chi connectivity index (χ1n) is 8.62. The van der Waals surface area contributed by atoms with Crippen LogP contribution in [0.15, 0.2) is 34.1 Å². The lowest BCUT2D eigenvalue weighted by Gasteiger charge is -2.06. The molecule has 3 aromatic rings. The van der Waals surface area contributed by atoms with Crippen molar-refractivity contribution in [2.24, 2.45) is 4.99 Å². The summed E-state index contributed by atoms with van der Waals surface area (Å²) in [6, 6.07) is 7.14. The summed E-state index contributed by atoms with van der Waals surface area (Å²) in [5.74, 6) is 0. The van der Waals surface area contributed by atoms with E-state index in [-0.39, 0.29) is 10.8 Å². The van der Waals surface area contributed by atoms with E-state index in [0.29, 0.717) is 12.1 Å². The molecule has 1 aromatic carbocycles. The fourth-order valence-electron chi connectivity index (χ4n) is 2.76. The standard InChI is InChI=1S/C18H19F3N4OS/c1-3-4-7-10-22-11(2)14-15(18(19,20)21)24-25(16(14)26)17-23-12-8-5-6-9-13(12)27-17/h5-6,8-9,24H,3-4,7,10H2,1-2H3. The van der Waals surface area contributed by atoms with E-state index in [0.717, 1.165) is 40.0 Å². The van der Waals surface area contributed by atoms with Gasteiger partial charge < -0.3 is 0 Å². The molecule has 3 rings (SSSR count). The maximum atomic E-state index is 13.5. The van der Waals surface area contributed by atoms with Gasteiger partial charge in [0.25, 0.3) is 5.56 Å². The number of H-pyrrole nitrogens is 1.